The molecule has 3 aliphatic carbocycles. The van der Waals surface area contributed by atoms with E-state index < -0.39 is 29.2 Å². The molecule has 1 aliphatic heterocycles. The topological polar surface area (TPSA) is 80.5 Å². The van der Waals surface area contributed by atoms with Crippen molar-refractivity contribution in [2.45, 2.75) is 11.5 Å². The van der Waals surface area contributed by atoms with E-state index in [2.05, 4.69) is 0 Å². The van der Waals surface area contributed by atoms with Gasteiger partial charge in [0.05, 0.1) is 11.6 Å². The quantitative estimate of drug-likeness (QED) is 0.235. The standard InChI is InChI=1S/C30H20N2O4/c33-28-26-25-21-10-4-6-12-23(21)30(32(35)36,24-13-7-5-11-22(24)25)27(26)29(34)31(28)20-16-14-19(15-17-20)18-8-2-1-3-9-18/h1-17,25-27H/t25?,26-,27+,30?/m0/s1. The van der Waals surface area contributed by atoms with Crippen molar-refractivity contribution in [1.82, 2.24) is 0 Å². The van der Waals surface area contributed by atoms with Gasteiger partial charge in [-0.05, 0) is 34.4 Å². The fourth-order valence-corrected chi connectivity index (χ4v) is 6.73. The monoisotopic (exact) mass is 472 g/mol. The van der Waals surface area contributed by atoms with Gasteiger partial charge < -0.3 is 0 Å². The lowest BCUT2D eigenvalue weighted by molar-refractivity contribution is -0.578. The molecule has 1 fully saturated rings. The van der Waals surface area contributed by atoms with Gasteiger partial charge in [0.15, 0.2) is 0 Å². The van der Waals surface area contributed by atoms with Crippen LogP contribution in [0.15, 0.2) is 103 Å². The first-order chi connectivity index (χ1) is 17.5. The summed E-state index contributed by atoms with van der Waals surface area (Å²) in [5.74, 6) is -3.24. The van der Waals surface area contributed by atoms with E-state index in [1.165, 1.54) is 4.90 Å². The molecule has 6 heteroatoms. The van der Waals surface area contributed by atoms with E-state index in [0.29, 0.717) is 16.8 Å². The van der Waals surface area contributed by atoms with Gasteiger partial charge in [0.25, 0.3) is 5.54 Å². The lowest BCUT2D eigenvalue weighted by Crippen LogP contribution is -2.57. The van der Waals surface area contributed by atoms with Crippen LogP contribution in [-0.4, -0.2) is 16.7 Å². The summed E-state index contributed by atoms with van der Waals surface area (Å²) < 4.78 is 0. The summed E-state index contributed by atoms with van der Waals surface area (Å²) in [7, 11) is 0. The highest BCUT2D eigenvalue weighted by Gasteiger charge is 2.74. The van der Waals surface area contributed by atoms with Crippen molar-refractivity contribution in [2.24, 2.45) is 11.8 Å². The van der Waals surface area contributed by atoms with Crippen molar-refractivity contribution >= 4 is 17.5 Å². The van der Waals surface area contributed by atoms with Crippen LogP contribution in [0.2, 0.25) is 0 Å². The minimum atomic E-state index is -1.81. The Bertz CT molecular complexity index is 1530. The number of carbonyl (C=O) groups excluding carboxylic acids is 2. The Hall–Kier alpha value is -4.58. The highest BCUT2D eigenvalue weighted by molar-refractivity contribution is 6.23. The van der Waals surface area contributed by atoms with E-state index in [0.717, 1.165) is 22.3 Å². The third-order valence-electron chi connectivity index (χ3n) is 8.09. The third-order valence-corrected chi connectivity index (χ3v) is 8.09. The third kappa shape index (κ3) is 2.40. The Morgan fingerprint density at radius 2 is 1.19 bits per heavy atom. The van der Waals surface area contributed by atoms with Gasteiger partial charge in [-0.2, -0.15) is 0 Å². The number of imide groups is 1. The van der Waals surface area contributed by atoms with Crippen molar-refractivity contribution in [2.75, 3.05) is 4.90 Å². The molecule has 2 atom stereocenters. The highest BCUT2D eigenvalue weighted by atomic mass is 16.6. The van der Waals surface area contributed by atoms with Crippen LogP contribution in [-0.2, 0) is 15.1 Å². The van der Waals surface area contributed by atoms with E-state index >= 15 is 0 Å². The van der Waals surface area contributed by atoms with Gasteiger partial charge in [-0.3, -0.25) is 19.7 Å². The van der Waals surface area contributed by atoms with Crippen LogP contribution in [0.25, 0.3) is 11.1 Å². The maximum atomic E-state index is 14.0. The number of benzene rings is 4. The van der Waals surface area contributed by atoms with Crippen LogP contribution >= 0.6 is 0 Å². The molecule has 4 aromatic carbocycles. The van der Waals surface area contributed by atoms with Crippen molar-refractivity contribution in [3.63, 3.8) is 0 Å². The Morgan fingerprint density at radius 3 is 1.78 bits per heavy atom. The van der Waals surface area contributed by atoms with Gasteiger partial charge in [0.1, 0.15) is 5.92 Å². The summed E-state index contributed by atoms with van der Waals surface area (Å²) >= 11 is 0. The first-order valence-electron chi connectivity index (χ1n) is 11.9. The summed E-state index contributed by atoms with van der Waals surface area (Å²) in [5, 5.41) is 13.0. The molecule has 36 heavy (non-hydrogen) atoms. The number of nitrogens with zero attached hydrogens (tertiary/aromatic N) is 2. The predicted molar refractivity (Wildman–Crippen MR) is 134 cm³/mol. The SMILES string of the molecule is O=C1[C@H]2C3c4ccccc4C([N+](=O)[O-])(c4ccccc43)[C@H]2C(=O)N1c1ccc(-c2ccccc2)cc1. The van der Waals surface area contributed by atoms with Gasteiger partial charge >= 0.3 is 0 Å². The number of carbonyl (C=O) groups is 2. The zero-order valence-corrected chi connectivity index (χ0v) is 19.1. The number of hydrogen-bond donors (Lipinski definition) is 0. The first kappa shape index (κ1) is 20.8. The Kier molecular flexibility index (Phi) is 4.16. The molecule has 0 saturated carbocycles. The number of hydrogen-bond acceptors (Lipinski definition) is 4. The molecule has 4 aliphatic rings. The molecule has 1 saturated heterocycles. The second-order valence-electron chi connectivity index (χ2n) is 9.60. The maximum absolute atomic E-state index is 14.0. The van der Waals surface area contributed by atoms with Gasteiger partial charge in [-0.1, -0.05) is 91.0 Å². The van der Waals surface area contributed by atoms with E-state index in [4.69, 9.17) is 0 Å². The van der Waals surface area contributed by atoms with E-state index in [1.54, 1.807) is 36.4 Å². The molecular formula is C30H20N2O4. The molecule has 2 amide bonds. The van der Waals surface area contributed by atoms with E-state index in [1.807, 2.05) is 66.7 Å². The molecule has 174 valence electrons. The van der Waals surface area contributed by atoms with E-state index in [9.17, 15) is 19.7 Å². The Morgan fingerprint density at radius 1 is 0.667 bits per heavy atom. The van der Waals surface area contributed by atoms with Crippen LogP contribution in [0.4, 0.5) is 5.69 Å². The predicted octanol–water partition coefficient (Wildman–Crippen LogP) is 5.14. The molecule has 0 N–H and O–H groups in total. The molecule has 0 unspecified atom stereocenters. The van der Waals surface area contributed by atoms with Crippen molar-refractivity contribution in [3.8, 4) is 11.1 Å². The molecule has 6 nitrogen and oxygen atoms in total. The van der Waals surface area contributed by atoms with Gasteiger partial charge in [-0.25, -0.2) is 4.90 Å². The molecule has 1 heterocycles. The van der Waals surface area contributed by atoms with Crippen LogP contribution in [0.3, 0.4) is 0 Å². The molecule has 0 spiro atoms. The van der Waals surface area contributed by atoms with Crippen LogP contribution in [0, 0.1) is 22.0 Å². The summed E-state index contributed by atoms with van der Waals surface area (Å²) in [4.78, 5) is 41.8. The summed E-state index contributed by atoms with van der Waals surface area (Å²) in [5.41, 5.74) is 3.16. The number of amides is 2. The zero-order chi connectivity index (χ0) is 24.6. The molecule has 8 rings (SSSR count). The smallest absolute Gasteiger partial charge is 0.274 e. The summed E-state index contributed by atoms with van der Waals surface area (Å²) in [6.07, 6.45) is 0. The Labute approximate surface area is 207 Å². The minimum absolute atomic E-state index is 0.342. The highest BCUT2D eigenvalue weighted by Crippen LogP contribution is 2.64. The molecule has 0 aromatic heterocycles. The Balaban J connectivity index is 1.41. The summed E-state index contributed by atoms with van der Waals surface area (Å²) in [6.45, 7) is 0. The molecule has 0 radical (unpaired) electrons. The van der Waals surface area contributed by atoms with Gasteiger partial charge in [-0.15, -0.1) is 0 Å². The van der Waals surface area contributed by atoms with Crippen molar-refractivity contribution in [1.29, 1.82) is 0 Å². The fraction of sp³-hybridized carbons (Fsp3) is 0.133. The van der Waals surface area contributed by atoms with Gasteiger partial charge in [0.2, 0.25) is 11.8 Å². The average Bonchev–Trinajstić information content (AvgIpc) is 3.19. The van der Waals surface area contributed by atoms with Crippen LogP contribution in [0.5, 0.6) is 0 Å². The van der Waals surface area contributed by atoms with Gasteiger partial charge in [0, 0.05) is 22.0 Å². The first-order valence-corrected chi connectivity index (χ1v) is 11.9. The second kappa shape index (κ2) is 7.21. The van der Waals surface area contributed by atoms with Crippen molar-refractivity contribution < 1.29 is 14.5 Å². The number of anilines is 1. The normalized spacial score (nSPS) is 25.3. The molecule has 4 aromatic rings. The minimum Gasteiger partial charge on any atom is -0.274 e. The molecule has 2 bridgehead atoms. The average molecular weight is 473 g/mol. The maximum Gasteiger partial charge on any atom is 0.285 e. The molecular weight excluding hydrogens is 452 g/mol. The number of rotatable bonds is 3. The largest absolute Gasteiger partial charge is 0.285 e. The fourth-order valence-electron chi connectivity index (χ4n) is 6.73. The second-order valence-corrected chi connectivity index (χ2v) is 9.60. The number of nitro groups is 1. The van der Waals surface area contributed by atoms with E-state index in [-0.39, 0.29) is 10.8 Å². The van der Waals surface area contributed by atoms with Crippen LogP contribution < -0.4 is 4.90 Å². The lowest BCUT2D eigenvalue weighted by atomic mass is 9.51. The van der Waals surface area contributed by atoms with Crippen molar-refractivity contribution in [3.05, 3.63) is 135 Å². The van der Waals surface area contributed by atoms with Crippen LogP contribution in [0.1, 0.15) is 28.2 Å². The zero-order valence-electron chi connectivity index (χ0n) is 19.1. The lowest BCUT2D eigenvalue weighted by Gasteiger charge is -2.48. The summed E-state index contributed by atoms with van der Waals surface area (Å²) in [6, 6.07) is 31.5.